The van der Waals surface area contributed by atoms with Gasteiger partial charge in [0, 0.05) is 18.0 Å². The molecule has 2 heterocycles. The zero-order valence-electron chi connectivity index (χ0n) is 19.7. The maximum absolute atomic E-state index is 13.3. The van der Waals surface area contributed by atoms with Crippen molar-refractivity contribution in [1.29, 1.82) is 0 Å². The number of carbonyl (C=O) groups is 2. The van der Waals surface area contributed by atoms with E-state index in [2.05, 4.69) is 11.9 Å². The highest BCUT2D eigenvalue weighted by atomic mass is 35.5. The number of rotatable bonds is 8. The average Bonchev–Trinajstić information content (AvgIpc) is 3.15. The van der Waals surface area contributed by atoms with Crippen LogP contribution >= 0.6 is 11.6 Å². The van der Waals surface area contributed by atoms with Crippen molar-refractivity contribution in [3.63, 3.8) is 0 Å². The van der Waals surface area contributed by atoms with Crippen molar-refractivity contribution in [2.75, 3.05) is 19.8 Å². The molecular weight excluding hydrogens is 452 g/mol. The van der Waals surface area contributed by atoms with E-state index in [4.69, 9.17) is 21.1 Å². The van der Waals surface area contributed by atoms with E-state index < -0.39 is 5.54 Å². The van der Waals surface area contributed by atoms with Gasteiger partial charge in [-0.2, -0.15) is 0 Å². The molecule has 1 unspecified atom stereocenters. The zero-order chi connectivity index (χ0) is 24.5. The zero-order valence-corrected chi connectivity index (χ0v) is 20.4. The van der Waals surface area contributed by atoms with Gasteiger partial charge >= 0.3 is 5.97 Å². The summed E-state index contributed by atoms with van der Waals surface area (Å²) in [4.78, 5) is 25.7. The van der Waals surface area contributed by atoms with Gasteiger partial charge in [-0.15, -0.1) is 0 Å². The van der Waals surface area contributed by atoms with Gasteiger partial charge in [-0.05, 0) is 42.2 Å². The molecule has 1 aliphatic rings. The highest BCUT2D eigenvalue weighted by Crippen LogP contribution is 2.33. The molecule has 178 valence electrons. The van der Waals surface area contributed by atoms with Crippen LogP contribution in [0.25, 0.3) is 10.9 Å². The van der Waals surface area contributed by atoms with Crippen molar-refractivity contribution in [3.8, 4) is 0 Å². The van der Waals surface area contributed by atoms with Crippen LogP contribution in [0.5, 0.6) is 0 Å². The third kappa shape index (κ3) is 4.24. The summed E-state index contributed by atoms with van der Waals surface area (Å²) in [7, 11) is 1.86. The van der Waals surface area contributed by atoms with E-state index in [1.807, 2.05) is 67.9 Å². The molecule has 2 aromatic carbocycles. The van der Waals surface area contributed by atoms with E-state index in [0.717, 1.165) is 27.6 Å². The molecule has 0 spiro atoms. The van der Waals surface area contributed by atoms with Gasteiger partial charge < -0.3 is 19.4 Å². The first-order chi connectivity index (χ1) is 16.3. The molecule has 6 nitrogen and oxygen atoms in total. The van der Waals surface area contributed by atoms with Gasteiger partial charge in [0.05, 0.1) is 24.2 Å². The number of benzene rings is 2. The fourth-order valence-electron chi connectivity index (χ4n) is 4.42. The molecule has 0 aliphatic carbocycles. The van der Waals surface area contributed by atoms with Crippen molar-refractivity contribution < 1.29 is 19.1 Å². The first kappa shape index (κ1) is 24.0. The smallest absolute Gasteiger partial charge is 0.313 e. The van der Waals surface area contributed by atoms with E-state index in [1.165, 1.54) is 0 Å². The molecule has 1 amide bonds. The Balaban J connectivity index is 1.57. The van der Waals surface area contributed by atoms with Crippen molar-refractivity contribution in [3.05, 3.63) is 82.5 Å². The van der Waals surface area contributed by atoms with E-state index in [1.54, 1.807) is 6.08 Å². The number of aromatic nitrogens is 1. The molecule has 1 saturated heterocycles. The standard InChI is InChI=1S/C27H29ClN2O4/c1-5-13-34-26(32)20(6-2)18-8-10-19(11-9-18)27(15-33-16-27)29-25(31)23-14-21-22(30(23)4)12-7-17(3)24(21)28/h5,7-12,14,20H,1,6,13,15-16H2,2-4H3,(H,29,31). The van der Waals surface area contributed by atoms with Gasteiger partial charge in [0.15, 0.2) is 0 Å². The number of esters is 1. The van der Waals surface area contributed by atoms with E-state index >= 15 is 0 Å². The third-order valence-corrected chi connectivity index (χ3v) is 7.04. The lowest BCUT2D eigenvalue weighted by Gasteiger charge is -2.42. The summed E-state index contributed by atoms with van der Waals surface area (Å²) < 4.78 is 12.6. The van der Waals surface area contributed by atoms with Crippen molar-refractivity contribution in [2.24, 2.45) is 7.05 Å². The topological polar surface area (TPSA) is 69.6 Å². The van der Waals surface area contributed by atoms with Gasteiger partial charge in [-0.25, -0.2) is 0 Å². The molecule has 34 heavy (non-hydrogen) atoms. The van der Waals surface area contributed by atoms with Crippen LogP contribution in [0.4, 0.5) is 0 Å². The first-order valence-corrected chi connectivity index (χ1v) is 11.7. The fraction of sp³-hybridized carbons (Fsp3) is 0.333. The Morgan fingerprint density at radius 1 is 1.26 bits per heavy atom. The van der Waals surface area contributed by atoms with Crippen LogP contribution in [0.1, 0.15) is 46.4 Å². The maximum atomic E-state index is 13.3. The number of amides is 1. The van der Waals surface area contributed by atoms with Gasteiger partial charge in [0.25, 0.3) is 5.91 Å². The second-order valence-corrected chi connectivity index (χ2v) is 9.13. The Morgan fingerprint density at radius 3 is 2.56 bits per heavy atom. The Morgan fingerprint density at radius 2 is 1.97 bits per heavy atom. The van der Waals surface area contributed by atoms with Crippen LogP contribution in [-0.4, -0.2) is 36.3 Å². The van der Waals surface area contributed by atoms with Crippen molar-refractivity contribution in [1.82, 2.24) is 9.88 Å². The molecule has 1 N–H and O–H groups in total. The maximum Gasteiger partial charge on any atom is 0.313 e. The number of hydrogen-bond donors (Lipinski definition) is 1. The second-order valence-electron chi connectivity index (χ2n) is 8.75. The quantitative estimate of drug-likeness (QED) is 0.363. The number of carbonyl (C=O) groups excluding carboxylic acids is 2. The Bertz CT molecular complexity index is 1240. The number of nitrogens with zero attached hydrogens (tertiary/aromatic N) is 1. The van der Waals surface area contributed by atoms with Gasteiger partial charge in [-0.3, -0.25) is 9.59 Å². The molecule has 7 heteroatoms. The third-order valence-electron chi connectivity index (χ3n) is 6.54. The molecule has 1 fully saturated rings. The van der Waals surface area contributed by atoms with E-state index in [9.17, 15) is 9.59 Å². The number of fused-ring (bicyclic) bond motifs is 1. The lowest BCUT2D eigenvalue weighted by molar-refractivity contribution is -0.144. The number of nitrogens with one attached hydrogen (secondary N) is 1. The van der Waals surface area contributed by atoms with Gasteiger partial charge in [0.1, 0.15) is 17.8 Å². The summed E-state index contributed by atoms with van der Waals surface area (Å²) in [6, 6.07) is 13.5. The van der Waals surface area contributed by atoms with Crippen molar-refractivity contribution in [2.45, 2.75) is 31.7 Å². The average molecular weight is 481 g/mol. The minimum Gasteiger partial charge on any atom is -0.461 e. The lowest BCUT2D eigenvalue weighted by atomic mass is 9.85. The summed E-state index contributed by atoms with van der Waals surface area (Å²) in [6.07, 6.45) is 2.19. The molecule has 0 saturated carbocycles. The monoisotopic (exact) mass is 480 g/mol. The molecule has 0 radical (unpaired) electrons. The normalized spacial score (nSPS) is 15.4. The highest BCUT2D eigenvalue weighted by molar-refractivity contribution is 6.36. The van der Waals surface area contributed by atoms with Crippen LogP contribution in [0.3, 0.4) is 0 Å². The van der Waals surface area contributed by atoms with E-state index in [-0.39, 0.29) is 24.4 Å². The molecular formula is C27H29ClN2O4. The summed E-state index contributed by atoms with van der Waals surface area (Å²) in [6.45, 7) is 8.43. The van der Waals surface area contributed by atoms with Crippen LogP contribution < -0.4 is 5.32 Å². The molecule has 1 aliphatic heterocycles. The predicted molar refractivity (Wildman–Crippen MR) is 133 cm³/mol. The Kier molecular flexibility index (Phi) is 6.82. The molecule has 0 bridgehead atoms. The minimum atomic E-state index is -0.628. The summed E-state index contributed by atoms with van der Waals surface area (Å²) >= 11 is 6.48. The molecule has 4 rings (SSSR count). The van der Waals surface area contributed by atoms with Crippen molar-refractivity contribution >= 4 is 34.4 Å². The van der Waals surface area contributed by atoms with Gasteiger partial charge in [0.2, 0.25) is 0 Å². The van der Waals surface area contributed by atoms with Crippen LogP contribution in [0.2, 0.25) is 5.02 Å². The van der Waals surface area contributed by atoms with Crippen LogP contribution in [-0.2, 0) is 26.9 Å². The number of aryl methyl sites for hydroxylation is 2. The summed E-state index contributed by atoms with van der Waals surface area (Å²) in [5, 5.41) is 4.69. The molecule has 3 aromatic rings. The minimum absolute atomic E-state index is 0.193. The number of ether oxygens (including phenoxy) is 2. The SMILES string of the molecule is C=CCOC(=O)C(CC)c1ccc(C2(NC(=O)c3cc4c(Cl)c(C)ccc4n3C)COC2)cc1. The Hall–Kier alpha value is -3.09. The molecule has 1 atom stereocenters. The number of hydrogen-bond acceptors (Lipinski definition) is 4. The summed E-state index contributed by atoms with van der Waals surface area (Å²) in [5.74, 6) is -0.810. The first-order valence-electron chi connectivity index (χ1n) is 11.3. The summed E-state index contributed by atoms with van der Waals surface area (Å²) in [5.41, 5.74) is 3.57. The lowest BCUT2D eigenvalue weighted by Crippen LogP contribution is -2.59. The van der Waals surface area contributed by atoms with Gasteiger partial charge in [-0.1, -0.05) is 61.5 Å². The molecule has 1 aromatic heterocycles. The highest BCUT2D eigenvalue weighted by Gasteiger charge is 2.42. The Labute approximate surface area is 204 Å². The van der Waals surface area contributed by atoms with Crippen LogP contribution in [0.15, 0.2) is 55.1 Å². The number of halogens is 1. The van der Waals surface area contributed by atoms with E-state index in [0.29, 0.717) is 30.4 Å². The second kappa shape index (κ2) is 9.65. The largest absolute Gasteiger partial charge is 0.461 e. The predicted octanol–water partition coefficient (Wildman–Crippen LogP) is 5.02. The fourth-order valence-corrected chi connectivity index (χ4v) is 4.63. The van der Waals surface area contributed by atoms with Crippen LogP contribution in [0, 0.1) is 6.92 Å².